The van der Waals surface area contributed by atoms with Gasteiger partial charge in [0.15, 0.2) is 6.61 Å². The van der Waals surface area contributed by atoms with Gasteiger partial charge < -0.3 is 19.9 Å². The lowest BCUT2D eigenvalue weighted by Crippen LogP contribution is -2.40. The van der Waals surface area contributed by atoms with Gasteiger partial charge in [0.2, 0.25) is 10.0 Å². The van der Waals surface area contributed by atoms with E-state index in [-0.39, 0.29) is 29.3 Å². The number of methoxy groups -OCH3 is 1. The van der Waals surface area contributed by atoms with Gasteiger partial charge in [-0.2, -0.15) is 4.31 Å². The van der Waals surface area contributed by atoms with Gasteiger partial charge in [0.25, 0.3) is 5.91 Å². The number of nitrogens with zero attached hydrogens (tertiary/aromatic N) is 1. The Hall–Kier alpha value is -2.17. The van der Waals surface area contributed by atoms with E-state index in [0.29, 0.717) is 13.2 Å². The Morgan fingerprint density at radius 3 is 2.54 bits per heavy atom. The fraction of sp³-hybridized carbons (Fsp3) is 0.429. The summed E-state index contributed by atoms with van der Waals surface area (Å²) in [6.07, 6.45) is 0. The molecule has 1 amide bonds. The van der Waals surface area contributed by atoms with Crippen LogP contribution in [0, 0.1) is 0 Å². The minimum atomic E-state index is -3.86. The molecule has 0 atom stereocenters. The maximum atomic E-state index is 12.8. The van der Waals surface area contributed by atoms with Crippen molar-refractivity contribution in [2.24, 2.45) is 5.73 Å². The maximum absolute atomic E-state index is 12.8. The third kappa shape index (κ3) is 4.02. The summed E-state index contributed by atoms with van der Waals surface area (Å²) in [7, 11) is -2.53. The minimum absolute atomic E-state index is 0.0242. The van der Waals surface area contributed by atoms with E-state index in [0.717, 1.165) is 6.07 Å². The number of primary amides is 1. The Labute approximate surface area is 139 Å². The molecule has 0 aromatic heterocycles. The zero-order chi connectivity index (χ0) is 17.7. The second kappa shape index (κ2) is 7.60. The molecular weight excluding hydrogens is 340 g/mol. The maximum Gasteiger partial charge on any atom is 0.338 e. The standard InChI is InChI=1S/C14H18N2O7S/c1-21-11-3-2-10(14(18)23-9-13(15)17)8-12(11)24(19,20)16-4-6-22-7-5-16/h2-3,8H,4-7,9H2,1H3,(H2,15,17). The quantitative estimate of drug-likeness (QED) is 0.670. The largest absolute Gasteiger partial charge is 0.495 e. The predicted octanol–water partition coefficient (Wildman–Crippen LogP) is -0.642. The lowest BCUT2D eigenvalue weighted by molar-refractivity contribution is -0.121. The fourth-order valence-corrected chi connectivity index (χ4v) is 3.74. The number of esters is 1. The molecule has 1 aromatic carbocycles. The van der Waals surface area contributed by atoms with Gasteiger partial charge >= 0.3 is 5.97 Å². The van der Waals surface area contributed by atoms with Crippen molar-refractivity contribution >= 4 is 21.9 Å². The van der Waals surface area contributed by atoms with Gasteiger partial charge in [-0.05, 0) is 18.2 Å². The van der Waals surface area contributed by atoms with Gasteiger partial charge in [0, 0.05) is 13.1 Å². The molecule has 1 heterocycles. The van der Waals surface area contributed by atoms with Crippen LogP contribution in [0.2, 0.25) is 0 Å². The Kier molecular flexibility index (Phi) is 5.75. The molecule has 0 radical (unpaired) electrons. The molecule has 1 aliphatic heterocycles. The van der Waals surface area contributed by atoms with Crippen LogP contribution < -0.4 is 10.5 Å². The van der Waals surface area contributed by atoms with Crippen LogP contribution in [0.4, 0.5) is 0 Å². The summed E-state index contributed by atoms with van der Waals surface area (Å²) in [6, 6.07) is 3.86. The van der Waals surface area contributed by atoms with E-state index in [2.05, 4.69) is 0 Å². The molecule has 1 aromatic rings. The summed E-state index contributed by atoms with van der Waals surface area (Å²) in [5.41, 5.74) is 4.89. The van der Waals surface area contributed by atoms with Crippen molar-refractivity contribution in [3.8, 4) is 5.75 Å². The van der Waals surface area contributed by atoms with Crippen molar-refractivity contribution < 1.29 is 32.2 Å². The van der Waals surface area contributed by atoms with E-state index in [1.165, 1.54) is 23.5 Å². The Balaban J connectivity index is 2.35. The molecule has 1 fully saturated rings. The Morgan fingerprint density at radius 2 is 1.96 bits per heavy atom. The van der Waals surface area contributed by atoms with Gasteiger partial charge in [-0.1, -0.05) is 0 Å². The second-order valence-electron chi connectivity index (χ2n) is 4.92. The number of carbonyl (C=O) groups is 2. The summed E-state index contributed by atoms with van der Waals surface area (Å²) in [5, 5.41) is 0. The van der Waals surface area contributed by atoms with E-state index < -0.39 is 28.5 Å². The number of benzene rings is 1. The number of hydrogen-bond acceptors (Lipinski definition) is 7. The second-order valence-corrected chi connectivity index (χ2v) is 6.83. The van der Waals surface area contributed by atoms with Crippen molar-refractivity contribution in [3.05, 3.63) is 23.8 Å². The molecule has 9 nitrogen and oxygen atoms in total. The topological polar surface area (TPSA) is 125 Å². The molecule has 0 saturated carbocycles. The number of ether oxygens (including phenoxy) is 3. The van der Waals surface area contributed by atoms with E-state index in [1.54, 1.807) is 0 Å². The Bertz CT molecular complexity index is 727. The van der Waals surface area contributed by atoms with Gasteiger partial charge in [0.05, 0.1) is 25.9 Å². The first-order valence-electron chi connectivity index (χ1n) is 7.07. The summed E-state index contributed by atoms with van der Waals surface area (Å²) in [5.74, 6) is -1.55. The molecule has 0 unspecified atom stereocenters. The molecule has 2 rings (SSSR count). The highest BCUT2D eigenvalue weighted by Crippen LogP contribution is 2.28. The van der Waals surface area contributed by atoms with Crippen molar-refractivity contribution in [2.75, 3.05) is 40.0 Å². The van der Waals surface area contributed by atoms with Gasteiger partial charge in [0.1, 0.15) is 10.6 Å². The predicted molar refractivity (Wildman–Crippen MR) is 82.0 cm³/mol. The number of hydrogen-bond donors (Lipinski definition) is 1. The van der Waals surface area contributed by atoms with E-state index in [1.807, 2.05) is 0 Å². The van der Waals surface area contributed by atoms with Crippen molar-refractivity contribution in [2.45, 2.75) is 4.90 Å². The minimum Gasteiger partial charge on any atom is -0.495 e. The van der Waals surface area contributed by atoms with Crippen LogP contribution in [0.3, 0.4) is 0 Å². The molecule has 2 N–H and O–H groups in total. The molecule has 0 aliphatic carbocycles. The molecule has 0 spiro atoms. The smallest absolute Gasteiger partial charge is 0.338 e. The zero-order valence-electron chi connectivity index (χ0n) is 13.1. The van der Waals surface area contributed by atoms with Crippen LogP contribution in [0.1, 0.15) is 10.4 Å². The first kappa shape index (κ1) is 18.2. The third-order valence-corrected chi connectivity index (χ3v) is 5.25. The van der Waals surface area contributed by atoms with Gasteiger partial charge in [-0.25, -0.2) is 13.2 Å². The summed E-state index contributed by atoms with van der Waals surface area (Å²) >= 11 is 0. The first-order valence-corrected chi connectivity index (χ1v) is 8.51. The van der Waals surface area contributed by atoms with Crippen LogP contribution in [0.5, 0.6) is 5.75 Å². The molecule has 24 heavy (non-hydrogen) atoms. The number of morpholine rings is 1. The SMILES string of the molecule is COc1ccc(C(=O)OCC(N)=O)cc1S(=O)(=O)N1CCOCC1. The van der Waals surface area contributed by atoms with E-state index in [9.17, 15) is 18.0 Å². The van der Waals surface area contributed by atoms with Crippen molar-refractivity contribution in [1.29, 1.82) is 0 Å². The fourth-order valence-electron chi connectivity index (χ4n) is 2.15. The molecule has 0 bridgehead atoms. The lowest BCUT2D eigenvalue weighted by atomic mass is 10.2. The highest BCUT2D eigenvalue weighted by atomic mass is 32.2. The lowest BCUT2D eigenvalue weighted by Gasteiger charge is -2.26. The van der Waals surface area contributed by atoms with Crippen molar-refractivity contribution in [3.63, 3.8) is 0 Å². The number of amides is 1. The number of rotatable bonds is 6. The van der Waals surface area contributed by atoms with Crippen molar-refractivity contribution in [1.82, 2.24) is 4.31 Å². The van der Waals surface area contributed by atoms with Gasteiger partial charge in [-0.15, -0.1) is 0 Å². The molecular formula is C14H18N2O7S. The molecule has 1 aliphatic rings. The third-order valence-electron chi connectivity index (χ3n) is 3.33. The Morgan fingerprint density at radius 1 is 1.29 bits per heavy atom. The zero-order valence-corrected chi connectivity index (χ0v) is 13.9. The number of carbonyl (C=O) groups excluding carboxylic acids is 2. The molecule has 10 heteroatoms. The van der Waals surface area contributed by atoms with E-state index >= 15 is 0 Å². The number of nitrogens with two attached hydrogens (primary N) is 1. The van der Waals surface area contributed by atoms with Gasteiger partial charge in [-0.3, -0.25) is 4.79 Å². The average molecular weight is 358 g/mol. The van der Waals surface area contributed by atoms with E-state index in [4.69, 9.17) is 19.9 Å². The van der Waals surface area contributed by atoms with Crippen LogP contribution >= 0.6 is 0 Å². The normalized spacial score (nSPS) is 15.7. The van der Waals surface area contributed by atoms with Crippen LogP contribution in [0.15, 0.2) is 23.1 Å². The summed E-state index contributed by atoms with van der Waals surface area (Å²) < 4.78 is 41.7. The highest BCUT2D eigenvalue weighted by molar-refractivity contribution is 7.89. The molecule has 132 valence electrons. The highest BCUT2D eigenvalue weighted by Gasteiger charge is 2.30. The van der Waals surface area contributed by atoms with Crippen LogP contribution in [-0.4, -0.2) is 64.6 Å². The first-order chi connectivity index (χ1) is 11.4. The summed E-state index contributed by atoms with van der Waals surface area (Å²) in [6.45, 7) is 0.420. The molecule has 1 saturated heterocycles. The number of sulfonamides is 1. The van der Waals surface area contributed by atoms with Crippen LogP contribution in [-0.2, 0) is 24.3 Å². The monoisotopic (exact) mass is 358 g/mol. The van der Waals surface area contributed by atoms with Crippen LogP contribution in [0.25, 0.3) is 0 Å². The average Bonchev–Trinajstić information content (AvgIpc) is 2.59. The summed E-state index contributed by atoms with van der Waals surface area (Å²) in [4.78, 5) is 22.4.